The van der Waals surface area contributed by atoms with Gasteiger partial charge in [0.25, 0.3) is 0 Å². The van der Waals surface area contributed by atoms with Crippen LogP contribution in [0.5, 0.6) is 0 Å². The van der Waals surface area contributed by atoms with Crippen molar-refractivity contribution in [3.8, 4) is 0 Å². The molecule has 5 atom stereocenters. The Morgan fingerprint density at radius 2 is 2.06 bits per heavy atom. The number of para-hydroxylation sites is 1. The number of fused-ring (bicyclic) bond motifs is 2. The Morgan fingerprint density at radius 1 is 1.30 bits per heavy atom. The first-order chi connectivity index (χ1) is 15.8. The summed E-state index contributed by atoms with van der Waals surface area (Å²) in [6.07, 6.45) is 1.92. The molecule has 5 unspecified atom stereocenters. The van der Waals surface area contributed by atoms with Gasteiger partial charge in [-0.3, -0.25) is 4.79 Å². The van der Waals surface area contributed by atoms with Crippen molar-refractivity contribution in [1.29, 1.82) is 0 Å². The summed E-state index contributed by atoms with van der Waals surface area (Å²) in [5.74, 6) is -0.0601. The lowest BCUT2D eigenvalue weighted by Crippen LogP contribution is -2.57. The first kappa shape index (κ1) is 24.1. The number of carbonyl (C=O) groups excluding carboxylic acids is 1. The Kier molecular flexibility index (Phi) is 7.09. The van der Waals surface area contributed by atoms with E-state index in [9.17, 15) is 15.0 Å². The second-order valence-corrected chi connectivity index (χ2v) is 11.0. The Bertz CT molecular complexity index is 968. The topological polar surface area (TPSA) is 104 Å². The molecule has 1 fully saturated rings. The van der Waals surface area contributed by atoms with Crippen LogP contribution in [0.1, 0.15) is 49.6 Å². The fraction of sp³-hybridized carbons (Fsp3) is 0.600. The minimum atomic E-state index is -0.619. The molecule has 4 rings (SSSR count). The number of hydrogen-bond acceptors (Lipinski definition) is 7. The van der Waals surface area contributed by atoms with E-state index in [1.54, 1.807) is 18.4 Å². The van der Waals surface area contributed by atoms with Crippen LogP contribution in [-0.4, -0.2) is 54.1 Å². The van der Waals surface area contributed by atoms with Crippen LogP contribution in [0.25, 0.3) is 0 Å². The number of amides is 1. The van der Waals surface area contributed by atoms with E-state index in [1.165, 1.54) is 0 Å². The number of aliphatic hydroxyl groups excluding tert-OH is 2. The van der Waals surface area contributed by atoms with Crippen LogP contribution < -0.4 is 10.6 Å². The molecule has 0 spiro atoms. The van der Waals surface area contributed by atoms with E-state index in [4.69, 9.17) is 9.72 Å². The maximum atomic E-state index is 12.9. The number of anilines is 2. The number of aromatic nitrogens is 1. The van der Waals surface area contributed by atoms with E-state index >= 15 is 0 Å². The Balaban J connectivity index is 1.70. The SMILES string of the molecule is COCCNC(=O)CC1c2nc(Nc3ccccc3)sc2CC2C(C)(CO)C(O)CCC12C. The maximum Gasteiger partial charge on any atom is 0.220 e. The van der Waals surface area contributed by atoms with E-state index in [1.807, 2.05) is 37.3 Å². The molecule has 4 N–H and O–H groups in total. The van der Waals surface area contributed by atoms with Gasteiger partial charge in [0.15, 0.2) is 5.13 Å². The normalized spacial score (nSPS) is 30.9. The molecule has 8 heteroatoms. The minimum absolute atomic E-state index is 0.0210. The molecule has 1 aromatic carbocycles. The molecule has 0 bridgehead atoms. The number of rotatable bonds is 8. The molecule has 1 saturated carbocycles. The first-order valence-electron chi connectivity index (χ1n) is 11.7. The van der Waals surface area contributed by atoms with Gasteiger partial charge >= 0.3 is 0 Å². The zero-order valence-electron chi connectivity index (χ0n) is 19.6. The zero-order chi connectivity index (χ0) is 23.6. The van der Waals surface area contributed by atoms with Crippen molar-refractivity contribution >= 4 is 28.1 Å². The number of nitrogens with zero attached hydrogens (tertiary/aromatic N) is 1. The van der Waals surface area contributed by atoms with Crippen LogP contribution in [0.2, 0.25) is 0 Å². The fourth-order valence-corrected chi connectivity index (χ4v) is 6.98. The Hall–Kier alpha value is -2.00. The quantitative estimate of drug-likeness (QED) is 0.438. The summed E-state index contributed by atoms with van der Waals surface area (Å²) < 4.78 is 5.07. The van der Waals surface area contributed by atoms with Gasteiger partial charge in [-0.2, -0.15) is 0 Å². The van der Waals surface area contributed by atoms with Gasteiger partial charge in [-0.15, -0.1) is 11.3 Å². The number of hydrogen-bond donors (Lipinski definition) is 4. The third kappa shape index (κ3) is 4.54. The fourth-order valence-electron chi connectivity index (χ4n) is 5.89. The third-order valence-electron chi connectivity index (χ3n) is 7.94. The highest BCUT2D eigenvalue weighted by atomic mass is 32.1. The summed E-state index contributed by atoms with van der Waals surface area (Å²) >= 11 is 1.61. The second kappa shape index (κ2) is 9.70. The van der Waals surface area contributed by atoms with Crippen molar-refractivity contribution in [1.82, 2.24) is 10.3 Å². The van der Waals surface area contributed by atoms with Crippen molar-refractivity contribution in [2.75, 3.05) is 32.2 Å². The van der Waals surface area contributed by atoms with Gasteiger partial charge in [0, 0.05) is 42.0 Å². The van der Waals surface area contributed by atoms with E-state index in [0.717, 1.165) is 34.2 Å². The number of carbonyl (C=O) groups is 1. The van der Waals surface area contributed by atoms with Gasteiger partial charge in [-0.25, -0.2) is 4.98 Å². The van der Waals surface area contributed by atoms with Crippen molar-refractivity contribution < 1.29 is 19.7 Å². The minimum Gasteiger partial charge on any atom is -0.396 e. The van der Waals surface area contributed by atoms with Crippen molar-refractivity contribution in [3.05, 3.63) is 40.9 Å². The predicted molar refractivity (Wildman–Crippen MR) is 130 cm³/mol. The molecule has 1 amide bonds. The average Bonchev–Trinajstić information content (AvgIpc) is 3.21. The van der Waals surface area contributed by atoms with Crippen molar-refractivity contribution in [3.63, 3.8) is 0 Å². The molecule has 180 valence electrons. The molecule has 2 aromatic rings. The number of aliphatic hydroxyl groups is 2. The molecule has 2 aliphatic rings. The van der Waals surface area contributed by atoms with Crippen LogP contribution >= 0.6 is 11.3 Å². The van der Waals surface area contributed by atoms with Gasteiger partial charge in [-0.1, -0.05) is 32.0 Å². The Labute approximate surface area is 199 Å². The lowest BCUT2D eigenvalue weighted by atomic mass is 9.47. The van der Waals surface area contributed by atoms with Crippen LogP contribution in [-0.2, 0) is 16.0 Å². The summed E-state index contributed by atoms with van der Waals surface area (Å²) in [7, 11) is 1.62. The molecule has 33 heavy (non-hydrogen) atoms. The molecule has 7 nitrogen and oxygen atoms in total. The lowest BCUT2D eigenvalue weighted by molar-refractivity contribution is -0.144. The molecule has 1 heterocycles. The molecule has 0 saturated heterocycles. The summed E-state index contributed by atoms with van der Waals surface area (Å²) in [6, 6.07) is 9.94. The van der Waals surface area contributed by atoms with Gasteiger partial charge in [0.1, 0.15) is 0 Å². The summed E-state index contributed by atoms with van der Waals surface area (Å²) in [6.45, 7) is 5.07. The largest absolute Gasteiger partial charge is 0.396 e. The van der Waals surface area contributed by atoms with E-state index in [2.05, 4.69) is 17.6 Å². The van der Waals surface area contributed by atoms with E-state index < -0.39 is 11.5 Å². The van der Waals surface area contributed by atoms with Crippen LogP contribution in [0.3, 0.4) is 0 Å². The summed E-state index contributed by atoms with van der Waals surface area (Å²) in [5, 5.41) is 28.4. The average molecular weight is 474 g/mol. The third-order valence-corrected chi connectivity index (χ3v) is 8.95. The maximum absolute atomic E-state index is 12.9. The highest BCUT2D eigenvalue weighted by molar-refractivity contribution is 7.15. The van der Waals surface area contributed by atoms with Crippen molar-refractivity contribution in [2.45, 2.75) is 51.6 Å². The number of nitrogens with one attached hydrogen (secondary N) is 2. The second-order valence-electron chi connectivity index (χ2n) is 9.90. The smallest absolute Gasteiger partial charge is 0.220 e. The van der Waals surface area contributed by atoms with Gasteiger partial charge in [0.05, 0.1) is 25.0 Å². The highest BCUT2D eigenvalue weighted by Crippen LogP contribution is 2.62. The summed E-state index contributed by atoms with van der Waals surface area (Å²) in [5.41, 5.74) is 1.08. The molecule has 0 radical (unpaired) electrons. The van der Waals surface area contributed by atoms with Crippen LogP contribution in [0.4, 0.5) is 10.8 Å². The van der Waals surface area contributed by atoms with Crippen molar-refractivity contribution in [2.24, 2.45) is 16.7 Å². The van der Waals surface area contributed by atoms with Crippen LogP contribution in [0, 0.1) is 16.7 Å². The zero-order valence-corrected chi connectivity index (χ0v) is 20.5. The molecule has 0 aliphatic heterocycles. The van der Waals surface area contributed by atoms with Gasteiger partial charge in [-0.05, 0) is 42.7 Å². The van der Waals surface area contributed by atoms with E-state index in [-0.39, 0.29) is 29.8 Å². The number of benzene rings is 1. The number of ether oxygens (including phenoxy) is 1. The number of methoxy groups -OCH3 is 1. The van der Waals surface area contributed by atoms with Gasteiger partial charge < -0.3 is 25.6 Å². The van der Waals surface area contributed by atoms with Gasteiger partial charge in [0.2, 0.25) is 5.91 Å². The highest BCUT2D eigenvalue weighted by Gasteiger charge is 2.59. The Morgan fingerprint density at radius 3 is 2.76 bits per heavy atom. The molecule has 1 aromatic heterocycles. The molecule has 2 aliphatic carbocycles. The number of thiazole rings is 1. The standard InChI is InChI=1S/C25H35N3O4S/c1-24-10-9-20(30)25(2,15-29)19(24)14-18-22(17(24)13-21(31)26-11-12-32-3)28-23(33-18)27-16-7-5-4-6-8-16/h4-8,17,19-20,29-30H,9-15H2,1-3H3,(H,26,31)(H,27,28). The predicted octanol–water partition coefficient (Wildman–Crippen LogP) is 3.45. The molecular weight excluding hydrogens is 438 g/mol. The molecular formula is C25H35N3O4S. The summed E-state index contributed by atoms with van der Waals surface area (Å²) in [4.78, 5) is 19.0. The first-order valence-corrected chi connectivity index (χ1v) is 12.5. The monoisotopic (exact) mass is 473 g/mol. The van der Waals surface area contributed by atoms with E-state index in [0.29, 0.717) is 26.0 Å². The lowest BCUT2D eigenvalue weighted by Gasteiger charge is -2.58. The van der Waals surface area contributed by atoms with Crippen LogP contribution in [0.15, 0.2) is 30.3 Å².